The molecular formula is C23H19Cl2N3O3. The number of aryl methyl sites for hydroxylation is 1. The number of hydrogen-bond donors (Lipinski definition) is 2. The quantitative estimate of drug-likeness (QED) is 0.312. The molecule has 3 aromatic rings. The van der Waals surface area contributed by atoms with Crippen LogP contribution in [0.1, 0.15) is 16.7 Å². The first kappa shape index (κ1) is 22.3. The van der Waals surface area contributed by atoms with E-state index in [1.165, 1.54) is 6.21 Å². The summed E-state index contributed by atoms with van der Waals surface area (Å²) in [5.74, 6) is -0.997. The van der Waals surface area contributed by atoms with Crippen molar-refractivity contribution < 1.29 is 14.3 Å². The average Bonchev–Trinajstić information content (AvgIpc) is 2.77. The van der Waals surface area contributed by atoms with Crippen LogP contribution in [-0.4, -0.2) is 18.0 Å². The van der Waals surface area contributed by atoms with Crippen LogP contribution in [0, 0.1) is 6.92 Å². The molecule has 0 aliphatic heterocycles. The zero-order valence-electron chi connectivity index (χ0n) is 16.6. The van der Waals surface area contributed by atoms with E-state index in [9.17, 15) is 9.59 Å². The Morgan fingerprint density at radius 1 is 0.968 bits per heavy atom. The fourth-order valence-corrected chi connectivity index (χ4v) is 2.88. The van der Waals surface area contributed by atoms with E-state index in [1.54, 1.807) is 48.5 Å². The summed E-state index contributed by atoms with van der Waals surface area (Å²) in [5, 5.41) is 7.33. The second-order valence-electron chi connectivity index (χ2n) is 6.57. The van der Waals surface area contributed by atoms with Gasteiger partial charge in [0.05, 0.1) is 16.3 Å². The molecule has 0 bridgehead atoms. The lowest BCUT2D eigenvalue weighted by Gasteiger charge is -2.07. The van der Waals surface area contributed by atoms with Gasteiger partial charge < -0.3 is 10.1 Å². The first-order valence-corrected chi connectivity index (χ1v) is 10.0. The third-order valence-electron chi connectivity index (χ3n) is 4.25. The van der Waals surface area contributed by atoms with E-state index in [0.717, 1.165) is 16.7 Å². The number of halogens is 2. The molecule has 6 nitrogen and oxygen atoms in total. The molecule has 8 heteroatoms. The standard InChI is InChI=1S/C23H19Cl2N3O3/c1-15-4-2-3-5-21(15)27-22(29)23(30)28-26-13-16-6-9-18(10-7-16)31-14-17-8-11-19(24)20(25)12-17/h2-13H,14H2,1H3,(H,27,29)(H,28,30)/b26-13-. The molecule has 0 aliphatic carbocycles. The molecule has 0 radical (unpaired) electrons. The zero-order chi connectivity index (χ0) is 22.2. The number of benzene rings is 3. The predicted octanol–water partition coefficient (Wildman–Crippen LogP) is 4.97. The van der Waals surface area contributed by atoms with Crippen molar-refractivity contribution in [1.82, 2.24) is 5.43 Å². The van der Waals surface area contributed by atoms with Gasteiger partial charge in [-0.2, -0.15) is 5.10 Å². The van der Waals surface area contributed by atoms with Gasteiger partial charge in [-0.15, -0.1) is 0 Å². The number of nitrogens with zero attached hydrogens (tertiary/aromatic N) is 1. The number of ether oxygens (including phenoxy) is 1. The van der Waals surface area contributed by atoms with Crippen molar-refractivity contribution in [1.29, 1.82) is 0 Å². The van der Waals surface area contributed by atoms with Gasteiger partial charge in [0, 0.05) is 5.69 Å². The van der Waals surface area contributed by atoms with Crippen LogP contribution < -0.4 is 15.5 Å². The Morgan fingerprint density at radius 2 is 1.71 bits per heavy atom. The first-order chi connectivity index (χ1) is 14.9. The van der Waals surface area contributed by atoms with Gasteiger partial charge in [-0.3, -0.25) is 9.59 Å². The molecular weight excluding hydrogens is 437 g/mol. The highest BCUT2D eigenvalue weighted by Gasteiger charge is 2.13. The topological polar surface area (TPSA) is 79.8 Å². The van der Waals surface area contributed by atoms with Gasteiger partial charge >= 0.3 is 11.8 Å². The number of anilines is 1. The lowest BCUT2D eigenvalue weighted by atomic mass is 10.2. The summed E-state index contributed by atoms with van der Waals surface area (Å²) in [6.45, 7) is 2.18. The molecule has 0 fully saturated rings. The fourth-order valence-electron chi connectivity index (χ4n) is 2.55. The van der Waals surface area contributed by atoms with E-state index < -0.39 is 11.8 Å². The van der Waals surface area contributed by atoms with Gasteiger partial charge in [0.15, 0.2) is 0 Å². The number of amides is 2. The molecule has 0 saturated heterocycles. The Hall–Kier alpha value is -3.35. The lowest BCUT2D eigenvalue weighted by Crippen LogP contribution is -2.32. The normalized spacial score (nSPS) is 10.7. The Labute approximate surface area is 189 Å². The minimum atomic E-state index is -0.860. The molecule has 3 aromatic carbocycles. The van der Waals surface area contributed by atoms with E-state index in [4.69, 9.17) is 27.9 Å². The van der Waals surface area contributed by atoms with Crippen molar-refractivity contribution in [2.24, 2.45) is 5.10 Å². The maximum absolute atomic E-state index is 12.0. The monoisotopic (exact) mass is 455 g/mol. The molecule has 2 N–H and O–H groups in total. The van der Waals surface area contributed by atoms with Crippen LogP contribution >= 0.6 is 23.2 Å². The number of carbonyl (C=O) groups excluding carboxylic acids is 2. The van der Waals surface area contributed by atoms with Gasteiger partial charge in [0.1, 0.15) is 12.4 Å². The number of nitrogens with one attached hydrogen (secondary N) is 2. The summed E-state index contributed by atoms with van der Waals surface area (Å²) < 4.78 is 5.71. The maximum atomic E-state index is 12.0. The molecule has 31 heavy (non-hydrogen) atoms. The Bertz CT molecular complexity index is 1120. The minimum absolute atomic E-state index is 0.344. The molecule has 0 saturated carbocycles. The third-order valence-corrected chi connectivity index (χ3v) is 4.99. The Balaban J connectivity index is 1.48. The van der Waals surface area contributed by atoms with Gasteiger partial charge in [-0.25, -0.2) is 5.43 Å². The molecule has 0 heterocycles. The molecule has 0 spiro atoms. The Morgan fingerprint density at radius 3 is 2.42 bits per heavy atom. The van der Waals surface area contributed by atoms with Crippen LogP contribution in [0.2, 0.25) is 10.0 Å². The van der Waals surface area contributed by atoms with E-state index in [0.29, 0.717) is 28.1 Å². The van der Waals surface area contributed by atoms with Gasteiger partial charge in [0.2, 0.25) is 0 Å². The molecule has 2 amide bonds. The summed E-state index contributed by atoms with van der Waals surface area (Å²) in [6.07, 6.45) is 1.43. The van der Waals surface area contributed by atoms with Crippen LogP contribution in [0.5, 0.6) is 5.75 Å². The van der Waals surface area contributed by atoms with E-state index in [1.807, 2.05) is 25.1 Å². The fraction of sp³-hybridized carbons (Fsp3) is 0.0870. The minimum Gasteiger partial charge on any atom is -0.489 e. The highest BCUT2D eigenvalue weighted by Crippen LogP contribution is 2.23. The van der Waals surface area contributed by atoms with E-state index in [-0.39, 0.29) is 0 Å². The van der Waals surface area contributed by atoms with Crippen LogP contribution in [0.15, 0.2) is 71.8 Å². The summed E-state index contributed by atoms with van der Waals surface area (Å²) in [5.41, 5.74) is 5.25. The second kappa shape index (κ2) is 10.6. The van der Waals surface area contributed by atoms with E-state index >= 15 is 0 Å². The lowest BCUT2D eigenvalue weighted by molar-refractivity contribution is -0.136. The maximum Gasteiger partial charge on any atom is 0.329 e. The highest BCUT2D eigenvalue weighted by molar-refractivity contribution is 6.42. The van der Waals surface area contributed by atoms with Crippen LogP contribution in [-0.2, 0) is 16.2 Å². The number of rotatable bonds is 6. The van der Waals surface area contributed by atoms with Gasteiger partial charge in [-0.1, -0.05) is 47.5 Å². The number of hydrazone groups is 1. The molecule has 158 valence electrons. The highest BCUT2D eigenvalue weighted by atomic mass is 35.5. The van der Waals surface area contributed by atoms with Crippen molar-refractivity contribution in [3.8, 4) is 5.75 Å². The summed E-state index contributed by atoms with van der Waals surface area (Å²) in [4.78, 5) is 23.8. The average molecular weight is 456 g/mol. The molecule has 0 atom stereocenters. The smallest absolute Gasteiger partial charge is 0.329 e. The largest absolute Gasteiger partial charge is 0.489 e. The molecule has 0 aliphatic rings. The molecule has 0 unspecified atom stereocenters. The van der Waals surface area contributed by atoms with Crippen LogP contribution in [0.4, 0.5) is 5.69 Å². The Kier molecular flexibility index (Phi) is 7.65. The first-order valence-electron chi connectivity index (χ1n) is 9.29. The third kappa shape index (κ3) is 6.57. The molecule has 0 aromatic heterocycles. The summed E-state index contributed by atoms with van der Waals surface area (Å²) in [6, 6.07) is 19.6. The number of carbonyl (C=O) groups is 2. The predicted molar refractivity (Wildman–Crippen MR) is 123 cm³/mol. The van der Waals surface area contributed by atoms with Gasteiger partial charge in [-0.05, 0) is 66.1 Å². The summed E-state index contributed by atoms with van der Waals surface area (Å²) >= 11 is 11.9. The second-order valence-corrected chi connectivity index (χ2v) is 7.39. The van der Waals surface area contributed by atoms with Crippen molar-refractivity contribution in [3.05, 3.63) is 93.5 Å². The van der Waals surface area contributed by atoms with Crippen molar-refractivity contribution >= 4 is 46.9 Å². The molecule has 3 rings (SSSR count). The number of para-hydroxylation sites is 1. The van der Waals surface area contributed by atoms with E-state index in [2.05, 4.69) is 15.8 Å². The van der Waals surface area contributed by atoms with Crippen molar-refractivity contribution in [3.63, 3.8) is 0 Å². The van der Waals surface area contributed by atoms with Crippen molar-refractivity contribution in [2.45, 2.75) is 13.5 Å². The summed E-state index contributed by atoms with van der Waals surface area (Å²) in [7, 11) is 0. The zero-order valence-corrected chi connectivity index (χ0v) is 18.1. The van der Waals surface area contributed by atoms with Crippen LogP contribution in [0.25, 0.3) is 0 Å². The van der Waals surface area contributed by atoms with Crippen LogP contribution in [0.3, 0.4) is 0 Å². The number of hydrogen-bond acceptors (Lipinski definition) is 4. The SMILES string of the molecule is Cc1ccccc1NC(=O)C(=O)N/N=C\c1ccc(OCc2ccc(Cl)c(Cl)c2)cc1. The van der Waals surface area contributed by atoms with Crippen molar-refractivity contribution in [2.75, 3.05) is 5.32 Å². The van der Waals surface area contributed by atoms with Gasteiger partial charge in [0.25, 0.3) is 0 Å².